The van der Waals surface area contributed by atoms with E-state index in [0.717, 1.165) is 16.7 Å². The van der Waals surface area contributed by atoms with Crippen molar-refractivity contribution in [1.29, 1.82) is 0 Å². The van der Waals surface area contributed by atoms with Gasteiger partial charge in [0.2, 0.25) is 5.91 Å². The first-order valence-electron chi connectivity index (χ1n) is 6.02. The molecule has 1 heterocycles. The van der Waals surface area contributed by atoms with Gasteiger partial charge in [-0.1, -0.05) is 23.9 Å². The summed E-state index contributed by atoms with van der Waals surface area (Å²) in [7, 11) is 0. The van der Waals surface area contributed by atoms with Crippen molar-refractivity contribution >= 4 is 34.3 Å². The first-order chi connectivity index (χ1) is 9.54. The lowest BCUT2D eigenvalue weighted by Gasteiger charge is -2.16. The number of rotatable bonds is 5. The SMILES string of the molecule is CCNc1c(CN2C(=O)CSC2=O)cccc1[N+](=O)[O-]. The first kappa shape index (κ1) is 14.3. The highest BCUT2D eigenvalue weighted by molar-refractivity contribution is 8.14. The third-order valence-electron chi connectivity index (χ3n) is 2.85. The van der Waals surface area contributed by atoms with Crippen molar-refractivity contribution in [2.45, 2.75) is 13.5 Å². The summed E-state index contributed by atoms with van der Waals surface area (Å²) in [4.78, 5) is 34.9. The van der Waals surface area contributed by atoms with E-state index in [-0.39, 0.29) is 29.1 Å². The zero-order valence-electron chi connectivity index (χ0n) is 10.8. The van der Waals surface area contributed by atoms with Crippen LogP contribution in [0.2, 0.25) is 0 Å². The zero-order valence-corrected chi connectivity index (χ0v) is 11.6. The van der Waals surface area contributed by atoms with Crippen molar-refractivity contribution in [3.05, 3.63) is 33.9 Å². The number of imide groups is 1. The molecular weight excluding hydrogens is 282 g/mol. The molecule has 0 spiro atoms. The Kier molecular flexibility index (Phi) is 4.23. The average molecular weight is 295 g/mol. The largest absolute Gasteiger partial charge is 0.379 e. The fourth-order valence-corrected chi connectivity index (χ4v) is 2.68. The lowest BCUT2D eigenvalue weighted by atomic mass is 10.1. The Morgan fingerprint density at radius 1 is 1.45 bits per heavy atom. The molecule has 2 rings (SSSR count). The molecule has 1 N–H and O–H groups in total. The minimum Gasteiger partial charge on any atom is -0.379 e. The van der Waals surface area contributed by atoms with E-state index in [1.165, 1.54) is 6.07 Å². The minimum atomic E-state index is -0.482. The van der Waals surface area contributed by atoms with E-state index in [1.54, 1.807) is 12.1 Å². The number of amides is 2. The Hall–Kier alpha value is -2.09. The number of nitro benzene ring substituents is 1. The molecule has 1 aliphatic rings. The van der Waals surface area contributed by atoms with Crippen LogP contribution in [0.3, 0.4) is 0 Å². The van der Waals surface area contributed by atoms with E-state index in [1.807, 2.05) is 6.92 Å². The van der Waals surface area contributed by atoms with Crippen LogP contribution >= 0.6 is 11.8 Å². The molecule has 0 aromatic heterocycles. The van der Waals surface area contributed by atoms with Gasteiger partial charge < -0.3 is 5.32 Å². The molecule has 0 radical (unpaired) electrons. The van der Waals surface area contributed by atoms with Crippen LogP contribution in [0.1, 0.15) is 12.5 Å². The van der Waals surface area contributed by atoms with Crippen LogP contribution in [-0.4, -0.2) is 33.3 Å². The maximum atomic E-state index is 11.6. The Morgan fingerprint density at radius 2 is 2.20 bits per heavy atom. The monoisotopic (exact) mass is 295 g/mol. The highest BCUT2D eigenvalue weighted by atomic mass is 32.2. The van der Waals surface area contributed by atoms with Crippen molar-refractivity contribution in [3.8, 4) is 0 Å². The van der Waals surface area contributed by atoms with Crippen LogP contribution in [0.25, 0.3) is 0 Å². The molecular formula is C12H13N3O4S. The number of para-hydroxylation sites is 1. The molecule has 0 aliphatic carbocycles. The number of carbonyl (C=O) groups is 2. The zero-order chi connectivity index (χ0) is 14.7. The summed E-state index contributed by atoms with van der Waals surface area (Å²) in [5.74, 6) is -0.140. The summed E-state index contributed by atoms with van der Waals surface area (Å²) < 4.78 is 0. The van der Waals surface area contributed by atoms with E-state index < -0.39 is 4.92 Å². The molecule has 1 aromatic carbocycles. The van der Waals surface area contributed by atoms with Crippen LogP contribution in [-0.2, 0) is 11.3 Å². The summed E-state index contributed by atoms with van der Waals surface area (Å²) in [6.07, 6.45) is 0. The van der Waals surface area contributed by atoms with Crippen LogP contribution < -0.4 is 5.32 Å². The maximum Gasteiger partial charge on any atom is 0.292 e. The quantitative estimate of drug-likeness (QED) is 0.661. The first-order valence-corrected chi connectivity index (χ1v) is 7.00. The molecule has 20 heavy (non-hydrogen) atoms. The summed E-state index contributed by atoms with van der Waals surface area (Å²) in [6.45, 7) is 2.38. The molecule has 0 atom stereocenters. The normalized spacial score (nSPS) is 14.8. The number of hydrogen-bond donors (Lipinski definition) is 1. The van der Waals surface area contributed by atoms with Crippen molar-refractivity contribution in [2.75, 3.05) is 17.6 Å². The highest BCUT2D eigenvalue weighted by Crippen LogP contribution is 2.31. The molecule has 0 bridgehead atoms. The number of thioether (sulfide) groups is 1. The van der Waals surface area contributed by atoms with Gasteiger partial charge in [0.15, 0.2) is 0 Å². The number of nitrogens with zero attached hydrogens (tertiary/aromatic N) is 2. The van der Waals surface area contributed by atoms with Crippen LogP contribution in [0.4, 0.5) is 16.2 Å². The number of benzene rings is 1. The summed E-state index contributed by atoms with van der Waals surface area (Å²) >= 11 is 0.946. The van der Waals surface area contributed by atoms with Gasteiger partial charge in [0, 0.05) is 18.2 Å². The predicted molar refractivity (Wildman–Crippen MR) is 75.7 cm³/mol. The second-order valence-electron chi connectivity index (χ2n) is 4.13. The Balaban J connectivity index is 2.35. The summed E-state index contributed by atoms with van der Waals surface area (Å²) in [5.41, 5.74) is 0.860. The second-order valence-corrected chi connectivity index (χ2v) is 5.06. The Morgan fingerprint density at radius 3 is 2.75 bits per heavy atom. The lowest BCUT2D eigenvalue weighted by molar-refractivity contribution is -0.384. The van der Waals surface area contributed by atoms with E-state index >= 15 is 0 Å². The maximum absolute atomic E-state index is 11.6. The van der Waals surface area contributed by atoms with Crippen LogP contribution in [0.5, 0.6) is 0 Å². The van der Waals surface area contributed by atoms with Gasteiger partial charge in [0.05, 0.1) is 17.2 Å². The molecule has 7 nitrogen and oxygen atoms in total. The average Bonchev–Trinajstić information content (AvgIpc) is 2.72. The standard InChI is InChI=1S/C12H13N3O4S/c1-2-13-11-8(4-3-5-9(11)15(18)19)6-14-10(16)7-20-12(14)17/h3-5,13H,2,6-7H2,1H3. The van der Waals surface area contributed by atoms with E-state index in [2.05, 4.69) is 5.32 Å². The van der Waals surface area contributed by atoms with Gasteiger partial charge in [-0.3, -0.25) is 24.6 Å². The van der Waals surface area contributed by atoms with Crippen LogP contribution in [0, 0.1) is 10.1 Å². The highest BCUT2D eigenvalue weighted by Gasteiger charge is 2.31. The fourth-order valence-electron chi connectivity index (χ4n) is 1.96. The van der Waals surface area contributed by atoms with Gasteiger partial charge in [-0.25, -0.2) is 0 Å². The molecule has 1 fully saturated rings. The predicted octanol–water partition coefficient (Wildman–Crippen LogP) is 2.22. The molecule has 106 valence electrons. The van der Waals surface area contributed by atoms with E-state index in [0.29, 0.717) is 17.8 Å². The Bertz CT molecular complexity index is 560. The summed E-state index contributed by atoms with van der Waals surface area (Å²) in [5, 5.41) is 13.6. The number of nitrogens with one attached hydrogen (secondary N) is 1. The number of carbonyl (C=O) groups excluding carboxylic acids is 2. The fraction of sp³-hybridized carbons (Fsp3) is 0.333. The van der Waals surface area contributed by atoms with Gasteiger partial charge in [-0.05, 0) is 6.92 Å². The van der Waals surface area contributed by atoms with Gasteiger partial charge in [-0.15, -0.1) is 0 Å². The summed E-state index contributed by atoms with van der Waals surface area (Å²) in [6, 6.07) is 4.62. The molecule has 1 saturated heterocycles. The smallest absolute Gasteiger partial charge is 0.292 e. The number of hydrogen-bond acceptors (Lipinski definition) is 6. The number of nitro groups is 1. The van der Waals surface area contributed by atoms with Crippen LogP contribution in [0.15, 0.2) is 18.2 Å². The van der Waals surface area contributed by atoms with Gasteiger partial charge in [0.25, 0.3) is 10.9 Å². The number of anilines is 1. The molecule has 0 saturated carbocycles. The molecule has 8 heteroatoms. The lowest BCUT2D eigenvalue weighted by Crippen LogP contribution is -2.28. The molecule has 1 aliphatic heterocycles. The molecule has 1 aromatic rings. The Labute approximate surface area is 119 Å². The van der Waals surface area contributed by atoms with Gasteiger partial charge in [0.1, 0.15) is 5.69 Å². The molecule has 2 amide bonds. The van der Waals surface area contributed by atoms with Gasteiger partial charge >= 0.3 is 0 Å². The van der Waals surface area contributed by atoms with Crippen molar-refractivity contribution in [1.82, 2.24) is 4.90 Å². The van der Waals surface area contributed by atoms with E-state index in [4.69, 9.17) is 0 Å². The topological polar surface area (TPSA) is 92.6 Å². The van der Waals surface area contributed by atoms with E-state index in [9.17, 15) is 19.7 Å². The van der Waals surface area contributed by atoms with Crippen molar-refractivity contribution in [2.24, 2.45) is 0 Å². The second kappa shape index (κ2) is 5.91. The third-order valence-corrected chi connectivity index (χ3v) is 3.71. The van der Waals surface area contributed by atoms with Crippen molar-refractivity contribution < 1.29 is 14.5 Å². The molecule has 0 unspecified atom stereocenters. The third kappa shape index (κ3) is 2.74. The minimum absolute atomic E-state index is 0.0503. The van der Waals surface area contributed by atoms with Gasteiger partial charge in [-0.2, -0.15) is 0 Å². The van der Waals surface area contributed by atoms with Crippen molar-refractivity contribution in [3.63, 3.8) is 0 Å².